The molecule has 25 heavy (non-hydrogen) atoms. The van der Waals surface area contributed by atoms with Gasteiger partial charge in [-0.2, -0.15) is 0 Å². The number of nitrogens with one attached hydrogen (secondary N) is 1. The lowest BCUT2D eigenvalue weighted by Gasteiger charge is -2.10. The van der Waals surface area contributed by atoms with Crippen molar-refractivity contribution < 1.29 is 19.1 Å². The van der Waals surface area contributed by atoms with Crippen LogP contribution in [0.3, 0.4) is 0 Å². The lowest BCUT2D eigenvalue weighted by atomic mass is 10.1. The maximum atomic E-state index is 12.7. The van der Waals surface area contributed by atoms with Gasteiger partial charge in [0.1, 0.15) is 10.6 Å². The highest BCUT2D eigenvalue weighted by Crippen LogP contribution is 2.34. The Kier molecular flexibility index (Phi) is 6.52. The van der Waals surface area contributed by atoms with Gasteiger partial charge in [-0.25, -0.2) is 9.78 Å². The summed E-state index contributed by atoms with van der Waals surface area (Å²) < 4.78 is 10.6. The first kappa shape index (κ1) is 18.9. The third kappa shape index (κ3) is 4.17. The Morgan fingerprint density at radius 1 is 1.24 bits per heavy atom. The minimum absolute atomic E-state index is 0.268. The van der Waals surface area contributed by atoms with Crippen molar-refractivity contribution >= 4 is 28.2 Å². The van der Waals surface area contributed by atoms with E-state index in [0.717, 1.165) is 10.4 Å². The number of carbonyl (C=O) groups is 2. The highest BCUT2D eigenvalue weighted by atomic mass is 32.1. The van der Waals surface area contributed by atoms with Crippen molar-refractivity contribution in [1.82, 2.24) is 4.98 Å². The average Bonchev–Trinajstić information content (AvgIpc) is 2.90. The molecule has 0 atom stereocenters. The summed E-state index contributed by atoms with van der Waals surface area (Å²) in [5.74, 6) is -0.523. The number of aromatic nitrogens is 1. The van der Waals surface area contributed by atoms with Crippen LogP contribution in [-0.4, -0.2) is 30.1 Å². The van der Waals surface area contributed by atoms with Crippen LogP contribution in [0.15, 0.2) is 18.3 Å². The van der Waals surface area contributed by atoms with Crippen LogP contribution in [-0.2, 0) is 11.2 Å². The fourth-order valence-corrected chi connectivity index (χ4v) is 3.63. The summed E-state index contributed by atoms with van der Waals surface area (Å²) in [7, 11) is 0. The van der Waals surface area contributed by atoms with Crippen molar-refractivity contribution in [3.63, 3.8) is 0 Å². The monoisotopic (exact) mass is 362 g/mol. The molecule has 0 aliphatic rings. The van der Waals surface area contributed by atoms with Crippen LogP contribution in [0, 0.1) is 6.92 Å². The van der Waals surface area contributed by atoms with E-state index in [4.69, 9.17) is 9.47 Å². The molecule has 0 spiro atoms. The topological polar surface area (TPSA) is 77.5 Å². The Bertz CT molecular complexity index is 770. The molecule has 134 valence electrons. The van der Waals surface area contributed by atoms with Crippen LogP contribution in [0.1, 0.15) is 51.9 Å². The van der Waals surface area contributed by atoms with Gasteiger partial charge in [0.15, 0.2) is 0 Å². The van der Waals surface area contributed by atoms with E-state index < -0.39 is 5.97 Å². The molecule has 2 heterocycles. The number of pyridine rings is 1. The molecule has 1 amide bonds. The van der Waals surface area contributed by atoms with Crippen molar-refractivity contribution in [3.05, 3.63) is 39.9 Å². The summed E-state index contributed by atoms with van der Waals surface area (Å²) in [5, 5.41) is 3.31. The second-order valence-corrected chi connectivity index (χ2v) is 6.38. The SMILES string of the molecule is CCOC(=O)c1c(NC(=O)c2cccnc2OCC)sc(C)c1CC. The number of hydrogen-bond acceptors (Lipinski definition) is 6. The fourth-order valence-electron chi connectivity index (χ4n) is 2.50. The van der Waals surface area contributed by atoms with Crippen LogP contribution in [0.5, 0.6) is 5.88 Å². The molecular weight excluding hydrogens is 340 g/mol. The summed E-state index contributed by atoms with van der Waals surface area (Å²) in [6.07, 6.45) is 2.25. The molecule has 0 aliphatic heterocycles. The zero-order valence-electron chi connectivity index (χ0n) is 14.8. The predicted molar refractivity (Wildman–Crippen MR) is 97.7 cm³/mol. The van der Waals surface area contributed by atoms with Crippen molar-refractivity contribution in [3.8, 4) is 5.88 Å². The molecule has 2 aromatic rings. The van der Waals surface area contributed by atoms with E-state index in [0.29, 0.717) is 29.2 Å². The van der Waals surface area contributed by atoms with Crippen LogP contribution in [0.25, 0.3) is 0 Å². The zero-order valence-corrected chi connectivity index (χ0v) is 15.7. The Balaban J connectivity index is 2.37. The standard InChI is InChI=1S/C18H22N2O4S/c1-5-12-11(4)25-17(14(12)18(22)24-7-3)20-15(21)13-9-8-10-19-16(13)23-6-2/h8-10H,5-7H2,1-4H3,(H,20,21). The second kappa shape index (κ2) is 8.62. The molecule has 0 unspecified atom stereocenters. The van der Waals surface area contributed by atoms with Gasteiger partial charge in [0.25, 0.3) is 5.91 Å². The van der Waals surface area contributed by atoms with Crippen molar-refractivity contribution in [1.29, 1.82) is 0 Å². The van der Waals surface area contributed by atoms with Crippen molar-refractivity contribution in [2.45, 2.75) is 34.1 Å². The average molecular weight is 362 g/mol. The quantitative estimate of drug-likeness (QED) is 0.757. The number of anilines is 1. The van der Waals surface area contributed by atoms with E-state index in [1.54, 1.807) is 25.3 Å². The molecule has 0 bridgehead atoms. The van der Waals surface area contributed by atoms with Gasteiger partial charge in [-0.3, -0.25) is 4.79 Å². The van der Waals surface area contributed by atoms with Crippen molar-refractivity contribution in [2.24, 2.45) is 0 Å². The first-order valence-corrected chi connectivity index (χ1v) is 9.03. The summed E-state index contributed by atoms with van der Waals surface area (Å²) in [6, 6.07) is 3.30. The number of esters is 1. The van der Waals surface area contributed by atoms with Gasteiger partial charge in [-0.15, -0.1) is 11.3 Å². The van der Waals surface area contributed by atoms with Crippen LogP contribution in [0.2, 0.25) is 0 Å². The molecule has 0 fully saturated rings. The van der Waals surface area contributed by atoms with Gasteiger partial charge in [0.05, 0.1) is 18.8 Å². The van der Waals surface area contributed by atoms with Crippen molar-refractivity contribution in [2.75, 3.05) is 18.5 Å². The molecule has 1 N–H and O–H groups in total. The molecule has 0 saturated carbocycles. The second-order valence-electron chi connectivity index (χ2n) is 5.16. The Hall–Kier alpha value is -2.41. The molecule has 0 radical (unpaired) electrons. The Morgan fingerprint density at radius 2 is 2.00 bits per heavy atom. The smallest absolute Gasteiger partial charge is 0.341 e. The predicted octanol–water partition coefficient (Wildman–Crippen LogP) is 3.84. The molecule has 6 nitrogen and oxygen atoms in total. The molecule has 2 aromatic heterocycles. The van der Waals surface area contributed by atoms with Gasteiger partial charge >= 0.3 is 5.97 Å². The maximum Gasteiger partial charge on any atom is 0.341 e. The lowest BCUT2D eigenvalue weighted by Crippen LogP contribution is -2.16. The number of amides is 1. The van der Waals surface area contributed by atoms with Gasteiger partial charge in [-0.05, 0) is 44.9 Å². The van der Waals surface area contributed by atoms with E-state index in [1.165, 1.54) is 11.3 Å². The van der Waals surface area contributed by atoms with Gasteiger partial charge < -0.3 is 14.8 Å². The van der Waals surface area contributed by atoms with E-state index in [9.17, 15) is 9.59 Å². The van der Waals surface area contributed by atoms with E-state index in [-0.39, 0.29) is 18.4 Å². The number of ether oxygens (including phenoxy) is 2. The summed E-state index contributed by atoms with van der Waals surface area (Å²) in [4.78, 5) is 30.1. The molecule has 0 saturated heterocycles. The van der Waals surface area contributed by atoms with Gasteiger partial charge in [0.2, 0.25) is 5.88 Å². The fraction of sp³-hybridized carbons (Fsp3) is 0.389. The van der Waals surface area contributed by atoms with E-state index in [1.807, 2.05) is 20.8 Å². The number of thiophene rings is 1. The number of nitrogens with zero attached hydrogens (tertiary/aromatic N) is 1. The first-order chi connectivity index (χ1) is 12.0. The largest absolute Gasteiger partial charge is 0.477 e. The maximum absolute atomic E-state index is 12.7. The number of rotatable bonds is 7. The molecule has 2 rings (SSSR count). The first-order valence-electron chi connectivity index (χ1n) is 8.21. The van der Waals surface area contributed by atoms with Gasteiger partial charge in [-0.1, -0.05) is 6.92 Å². The number of aryl methyl sites for hydroxylation is 1. The summed E-state index contributed by atoms with van der Waals surface area (Å²) >= 11 is 1.37. The summed E-state index contributed by atoms with van der Waals surface area (Å²) in [6.45, 7) is 8.16. The molecule has 7 heteroatoms. The number of carbonyl (C=O) groups excluding carboxylic acids is 2. The number of hydrogen-bond donors (Lipinski definition) is 1. The molecule has 0 aliphatic carbocycles. The third-order valence-electron chi connectivity index (χ3n) is 3.57. The Morgan fingerprint density at radius 3 is 2.64 bits per heavy atom. The minimum atomic E-state index is -0.421. The van der Waals surface area contributed by atoms with Gasteiger partial charge in [0, 0.05) is 11.1 Å². The van der Waals surface area contributed by atoms with Crippen LogP contribution >= 0.6 is 11.3 Å². The Labute approximate surface area is 151 Å². The lowest BCUT2D eigenvalue weighted by molar-refractivity contribution is 0.0527. The van der Waals surface area contributed by atoms with E-state index in [2.05, 4.69) is 10.3 Å². The minimum Gasteiger partial charge on any atom is -0.477 e. The molecule has 0 aromatic carbocycles. The highest BCUT2D eigenvalue weighted by Gasteiger charge is 2.24. The normalized spacial score (nSPS) is 10.4. The van der Waals surface area contributed by atoms with Crippen LogP contribution in [0.4, 0.5) is 5.00 Å². The zero-order chi connectivity index (χ0) is 18.4. The van der Waals surface area contributed by atoms with Crippen LogP contribution < -0.4 is 10.1 Å². The molecular formula is C18H22N2O4S. The summed E-state index contributed by atoms with van der Waals surface area (Å²) in [5.41, 5.74) is 1.65. The van der Waals surface area contributed by atoms with E-state index >= 15 is 0 Å². The highest BCUT2D eigenvalue weighted by molar-refractivity contribution is 7.16. The third-order valence-corrected chi connectivity index (χ3v) is 4.63.